The lowest BCUT2D eigenvalue weighted by molar-refractivity contribution is -0.119. The fourth-order valence-corrected chi connectivity index (χ4v) is 4.72. The average Bonchev–Trinajstić information content (AvgIpc) is 3.01. The summed E-state index contributed by atoms with van der Waals surface area (Å²) >= 11 is 0. The number of phenolic OH excluding ortho intramolecular Hbond substituents is 1. The first-order valence-electron chi connectivity index (χ1n) is 12.8. The van der Waals surface area contributed by atoms with Crippen LogP contribution in [-0.4, -0.2) is 50.8 Å². The quantitative estimate of drug-likeness (QED) is 0.284. The van der Waals surface area contributed by atoms with Crippen LogP contribution in [-0.2, 0) is 4.79 Å². The van der Waals surface area contributed by atoms with E-state index in [4.69, 9.17) is 0 Å². The highest BCUT2D eigenvalue weighted by atomic mass is 16.3. The van der Waals surface area contributed by atoms with Crippen molar-refractivity contribution in [3.8, 4) is 5.75 Å². The molecule has 4 N–H and O–H groups in total. The van der Waals surface area contributed by atoms with Crippen molar-refractivity contribution in [3.05, 3.63) is 75.0 Å². The van der Waals surface area contributed by atoms with Crippen molar-refractivity contribution in [2.45, 2.75) is 72.5 Å². The minimum absolute atomic E-state index is 0.0117. The van der Waals surface area contributed by atoms with E-state index in [1.165, 1.54) is 12.1 Å². The number of phenols is 1. The van der Waals surface area contributed by atoms with Gasteiger partial charge in [0, 0.05) is 24.0 Å². The minimum Gasteiger partial charge on any atom is -0.507 e. The molecule has 8 nitrogen and oxygen atoms in total. The summed E-state index contributed by atoms with van der Waals surface area (Å²) in [6.45, 7) is 8.73. The molecule has 8 heteroatoms. The lowest BCUT2D eigenvalue weighted by Gasteiger charge is -2.24. The highest BCUT2D eigenvalue weighted by Crippen LogP contribution is 2.38. The Bertz CT molecular complexity index is 1310. The van der Waals surface area contributed by atoms with Gasteiger partial charge in [0.15, 0.2) is 11.6 Å². The van der Waals surface area contributed by atoms with Crippen molar-refractivity contribution in [3.63, 3.8) is 0 Å². The van der Waals surface area contributed by atoms with Gasteiger partial charge in [0.05, 0.1) is 11.1 Å². The van der Waals surface area contributed by atoms with Gasteiger partial charge in [0.25, 0.3) is 0 Å². The highest BCUT2D eigenvalue weighted by molar-refractivity contribution is 6.32. The molecule has 1 amide bonds. The topological polar surface area (TPSA) is 141 Å². The minimum atomic E-state index is -1.09. The zero-order chi connectivity index (χ0) is 28.3. The molecule has 1 heterocycles. The van der Waals surface area contributed by atoms with Gasteiger partial charge in [-0.05, 0) is 63.7 Å². The Hall–Kier alpha value is -3.62. The molecule has 0 saturated carbocycles. The second-order valence-corrected chi connectivity index (χ2v) is 10.1. The van der Waals surface area contributed by atoms with Gasteiger partial charge in [-0.25, -0.2) is 0 Å². The number of Topliss-reactive ketones (excluding diaryl/α,β-unsaturated/α-hetero) is 3. The molecular formula is C30H35NO7. The van der Waals surface area contributed by atoms with Crippen molar-refractivity contribution in [1.82, 2.24) is 5.32 Å². The number of aliphatic hydroxyl groups is 2. The van der Waals surface area contributed by atoms with E-state index in [9.17, 15) is 34.5 Å². The Labute approximate surface area is 222 Å². The standard InChI is InChI=1S/C30H35NO7/c1-6-18(8-10-20(32)22(34)13-15(2)3)9-11-21(33)26-25-19(14-17(5)28(26)36)29(37)27-24(30(25)38)16(4)7-12-23(35)31-27/h7-8,10,13-14,18,20,22,32,34,36H,6,9,11-12H2,1-5H3,(H,31,35)/b10-8+/t18-,20-,22-/m0/s1. The monoisotopic (exact) mass is 521 g/mol. The molecule has 2 aliphatic rings. The second-order valence-electron chi connectivity index (χ2n) is 10.1. The fourth-order valence-electron chi connectivity index (χ4n) is 4.72. The summed E-state index contributed by atoms with van der Waals surface area (Å²) in [6.07, 6.45) is 5.25. The van der Waals surface area contributed by atoms with Crippen LogP contribution in [0, 0.1) is 12.8 Å². The number of benzene rings is 1. The molecule has 3 rings (SSSR count). The molecule has 1 aromatic carbocycles. The van der Waals surface area contributed by atoms with Crippen LogP contribution in [0.25, 0.3) is 0 Å². The molecular weight excluding hydrogens is 486 g/mol. The Morgan fingerprint density at radius 1 is 1.08 bits per heavy atom. The molecule has 0 fully saturated rings. The van der Waals surface area contributed by atoms with E-state index in [0.29, 0.717) is 18.4 Å². The number of aromatic hydroxyl groups is 1. The van der Waals surface area contributed by atoms with Gasteiger partial charge in [-0.15, -0.1) is 0 Å². The van der Waals surface area contributed by atoms with Crippen LogP contribution in [0.1, 0.15) is 90.0 Å². The molecule has 202 valence electrons. The van der Waals surface area contributed by atoms with Gasteiger partial charge in [-0.1, -0.05) is 36.8 Å². The number of aliphatic hydroxyl groups excluding tert-OH is 2. The van der Waals surface area contributed by atoms with Crippen LogP contribution in [0.5, 0.6) is 5.75 Å². The van der Waals surface area contributed by atoms with Crippen molar-refractivity contribution in [2.24, 2.45) is 5.92 Å². The third-order valence-corrected chi connectivity index (χ3v) is 6.90. The third kappa shape index (κ3) is 5.92. The summed E-state index contributed by atoms with van der Waals surface area (Å²) in [6, 6.07) is 1.37. The Kier molecular flexibility index (Phi) is 9.01. The number of carbonyl (C=O) groups excluding carboxylic acids is 4. The van der Waals surface area contributed by atoms with E-state index in [1.807, 2.05) is 20.8 Å². The molecule has 1 aliphatic carbocycles. The SMILES string of the molecule is CC[C@@H](/C=C/[C@H](O)[C@@H](O)C=C(C)C)CCC(=O)c1c(O)c(C)cc2c1C(=O)C1=C(NC(=O)CC=C1C)C2=O. The van der Waals surface area contributed by atoms with Crippen LogP contribution in [0.15, 0.2) is 52.8 Å². The van der Waals surface area contributed by atoms with Gasteiger partial charge in [-0.2, -0.15) is 0 Å². The molecule has 1 aromatic rings. The van der Waals surface area contributed by atoms with Crippen molar-refractivity contribution < 1.29 is 34.5 Å². The predicted octanol–water partition coefficient (Wildman–Crippen LogP) is 4.03. The lowest BCUT2D eigenvalue weighted by atomic mass is 9.79. The van der Waals surface area contributed by atoms with Gasteiger partial charge in [-0.3, -0.25) is 19.2 Å². The Balaban J connectivity index is 1.92. The maximum atomic E-state index is 13.6. The van der Waals surface area contributed by atoms with Crippen LogP contribution in [0.3, 0.4) is 0 Å². The van der Waals surface area contributed by atoms with E-state index < -0.39 is 35.5 Å². The average molecular weight is 522 g/mol. The van der Waals surface area contributed by atoms with Crippen molar-refractivity contribution in [2.75, 3.05) is 0 Å². The first-order chi connectivity index (χ1) is 17.9. The number of amides is 1. The van der Waals surface area contributed by atoms with E-state index >= 15 is 0 Å². The van der Waals surface area contributed by atoms with Gasteiger partial charge in [0.1, 0.15) is 23.7 Å². The lowest BCUT2D eigenvalue weighted by Crippen LogP contribution is -2.34. The first-order valence-corrected chi connectivity index (χ1v) is 12.8. The fraction of sp³-hybridized carbons (Fsp3) is 0.400. The third-order valence-electron chi connectivity index (χ3n) is 6.90. The molecule has 0 radical (unpaired) electrons. The highest BCUT2D eigenvalue weighted by Gasteiger charge is 2.39. The number of ketones is 3. The summed E-state index contributed by atoms with van der Waals surface area (Å²) in [5, 5.41) is 33.6. The second kappa shape index (κ2) is 11.8. The zero-order valence-corrected chi connectivity index (χ0v) is 22.4. The summed E-state index contributed by atoms with van der Waals surface area (Å²) in [5.74, 6) is -2.52. The van der Waals surface area contributed by atoms with Gasteiger partial charge < -0.3 is 20.6 Å². The van der Waals surface area contributed by atoms with Crippen molar-refractivity contribution >= 4 is 23.3 Å². The van der Waals surface area contributed by atoms with Gasteiger partial charge in [0.2, 0.25) is 11.7 Å². The number of hydrogen-bond acceptors (Lipinski definition) is 7. The van der Waals surface area contributed by atoms with E-state index in [2.05, 4.69) is 5.32 Å². The maximum absolute atomic E-state index is 13.6. The molecule has 3 atom stereocenters. The smallest absolute Gasteiger partial charge is 0.228 e. The molecule has 0 unspecified atom stereocenters. The summed E-state index contributed by atoms with van der Waals surface area (Å²) in [4.78, 5) is 52.6. The number of aryl methyl sites for hydroxylation is 1. The van der Waals surface area contributed by atoms with Crippen LogP contribution >= 0.6 is 0 Å². The molecule has 0 bridgehead atoms. The number of hydrogen-bond donors (Lipinski definition) is 4. The molecule has 0 spiro atoms. The molecule has 0 saturated heterocycles. The molecule has 1 aliphatic heterocycles. The summed E-state index contributed by atoms with van der Waals surface area (Å²) < 4.78 is 0. The van der Waals surface area contributed by atoms with E-state index in [1.54, 1.807) is 32.1 Å². The van der Waals surface area contributed by atoms with Gasteiger partial charge >= 0.3 is 0 Å². The number of allylic oxidation sites excluding steroid dienone is 5. The normalized spacial score (nSPS) is 17.8. The Morgan fingerprint density at radius 3 is 2.39 bits per heavy atom. The van der Waals surface area contributed by atoms with E-state index in [-0.39, 0.29) is 58.0 Å². The van der Waals surface area contributed by atoms with Crippen LogP contribution in [0.4, 0.5) is 0 Å². The number of carbonyl (C=O) groups is 4. The summed E-state index contributed by atoms with van der Waals surface area (Å²) in [5.41, 5.74) is 1.16. The number of fused-ring (bicyclic) bond motifs is 1. The summed E-state index contributed by atoms with van der Waals surface area (Å²) in [7, 11) is 0. The Morgan fingerprint density at radius 2 is 1.76 bits per heavy atom. The number of rotatable bonds is 9. The van der Waals surface area contributed by atoms with Crippen LogP contribution in [0.2, 0.25) is 0 Å². The first kappa shape index (κ1) is 28.9. The zero-order valence-electron chi connectivity index (χ0n) is 22.4. The largest absolute Gasteiger partial charge is 0.507 e. The molecule has 0 aromatic heterocycles. The van der Waals surface area contributed by atoms with E-state index in [0.717, 1.165) is 5.57 Å². The number of nitrogens with one attached hydrogen (secondary N) is 1. The maximum Gasteiger partial charge on any atom is 0.228 e. The van der Waals surface area contributed by atoms with Crippen molar-refractivity contribution in [1.29, 1.82) is 0 Å². The van der Waals surface area contributed by atoms with Crippen LogP contribution < -0.4 is 5.32 Å². The predicted molar refractivity (Wildman–Crippen MR) is 143 cm³/mol. The molecule has 38 heavy (non-hydrogen) atoms.